The number of pyridine rings is 1. The van der Waals surface area contributed by atoms with Crippen molar-refractivity contribution in [3.63, 3.8) is 0 Å². The first-order chi connectivity index (χ1) is 9.65. The monoisotopic (exact) mass is 347 g/mol. The molecule has 6 heteroatoms. The summed E-state index contributed by atoms with van der Waals surface area (Å²) in [5.74, 6) is 0.183. The minimum absolute atomic E-state index is 0. The normalized spacial score (nSPS) is 16.1. The van der Waals surface area contributed by atoms with E-state index in [2.05, 4.69) is 4.98 Å². The molecule has 0 radical (unpaired) electrons. The van der Waals surface area contributed by atoms with Crippen LogP contribution in [0.25, 0.3) is 0 Å². The van der Waals surface area contributed by atoms with Crippen LogP contribution in [0.15, 0.2) is 24.4 Å². The van der Waals surface area contributed by atoms with Gasteiger partial charge in [0.2, 0.25) is 5.91 Å². The van der Waals surface area contributed by atoms with Crippen LogP contribution in [-0.2, 0) is 11.3 Å². The van der Waals surface area contributed by atoms with Gasteiger partial charge in [0.15, 0.2) is 0 Å². The van der Waals surface area contributed by atoms with Gasteiger partial charge in [0.25, 0.3) is 0 Å². The molecule has 1 aromatic rings. The molecule has 0 spiro atoms. The summed E-state index contributed by atoms with van der Waals surface area (Å²) in [6.45, 7) is 1.19. The number of halogens is 2. The molecule has 4 nitrogen and oxygen atoms in total. The van der Waals surface area contributed by atoms with E-state index in [1.54, 1.807) is 11.1 Å². The molecule has 0 unspecified atom stereocenters. The summed E-state index contributed by atoms with van der Waals surface area (Å²) in [5, 5.41) is 0. The average Bonchev–Trinajstić information content (AvgIpc) is 2.49. The molecule has 1 saturated carbocycles. The Morgan fingerprint density at radius 1 is 1.27 bits per heavy atom. The van der Waals surface area contributed by atoms with Gasteiger partial charge in [0, 0.05) is 19.7 Å². The number of nitrogens with zero attached hydrogens (tertiary/aromatic N) is 2. The summed E-state index contributed by atoms with van der Waals surface area (Å²) in [4.78, 5) is 18.5. The molecule has 1 aromatic heterocycles. The molecular weight excluding hydrogens is 321 g/mol. The van der Waals surface area contributed by atoms with Crippen molar-refractivity contribution in [1.29, 1.82) is 0 Å². The minimum Gasteiger partial charge on any atom is -0.340 e. The van der Waals surface area contributed by atoms with Crippen molar-refractivity contribution in [2.45, 2.75) is 45.1 Å². The predicted molar refractivity (Wildman–Crippen MR) is 94.4 cm³/mol. The molecule has 1 heterocycles. The minimum atomic E-state index is 0. The van der Waals surface area contributed by atoms with Crippen molar-refractivity contribution in [3.8, 4) is 0 Å². The van der Waals surface area contributed by atoms with Gasteiger partial charge in [0.1, 0.15) is 0 Å². The smallest absolute Gasteiger partial charge is 0.223 e. The van der Waals surface area contributed by atoms with Gasteiger partial charge in [-0.05, 0) is 36.9 Å². The molecule has 1 amide bonds. The number of carbonyl (C=O) groups excluding carboxylic acids is 1. The third kappa shape index (κ3) is 5.75. The largest absolute Gasteiger partial charge is 0.340 e. The fourth-order valence-electron chi connectivity index (χ4n) is 3.03. The summed E-state index contributed by atoms with van der Waals surface area (Å²) in [6, 6.07) is 5.78. The maximum atomic E-state index is 12.4. The Balaban J connectivity index is 0.00000220. The van der Waals surface area contributed by atoms with Crippen LogP contribution >= 0.6 is 24.8 Å². The van der Waals surface area contributed by atoms with Gasteiger partial charge in [-0.25, -0.2) is 0 Å². The molecule has 0 atom stereocenters. The Morgan fingerprint density at radius 3 is 2.50 bits per heavy atom. The second-order valence-electron chi connectivity index (χ2n) is 6.01. The van der Waals surface area contributed by atoms with Gasteiger partial charge in [-0.2, -0.15) is 0 Å². The van der Waals surface area contributed by atoms with Crippen molar-refractivity contribution in [1.82, 2.24) is 9.88 Å². The summed E-state index contributed by atoms with van der Waals surface area (Å²) < 4.78 is 0. The maximum Gasteiger partial charge on any atom is 0.223 e. The highest BCUT2D eigenvalue weighted by Crippen LogP contribution is 2.38. The van der Waals surface area contributed by atoms with E-state index in [0.29, 0.717) is 19.5 Å². The van der Waals surface area contributed by atoms with Gasteiger partial charge in [-0.1, -0.05) is 25.3 Å². The van der Waals surface area contributed by atoms with Crippen molar-refractivity contribution < 1.29 is 4.79 Å². The first-order valence-corrected chi connectivity index (χ1v) is 7.49. The zero-order valence-corrected chi connectivity index (χ0v) is 14.8. The molecule has 0 saturated heterocycles. The lowest BCUT2D eigenvalue weighted by Gasteiger charge is -2.36. The Kier molecular flexibility index (Phi) is 9.65. The summed E-state index contributed by atoms with van der Waals surface area (Å²) in [7, 11) is 1.85. The maximum absolute atomic E-state index is 12.4. The summed E-state index contributed by atoms with van der Waals surface area (Å²) in [6.07, 6.45) is 8.20. The lowest BCUT2D eigenvalue weighted by atomic mass is 9.71. The number of amides is 1. The number of carbonyl (C=O) groups is 1. The average molecular weight is 348 g/mol. The fraction of sp³-hybridized carbons (Fsp3) is 0.625. The first-order valence-electron chi connectivity index (χ1n) is 7.49. The van der Waals surface area contributed by atoms with Crippen LogP contribution in [0, 0.1) is 5.41 Å². The molecule has 2 N–H and O–H groups in total. The summed E-state index contributed by atoms with van der Waals surface area (Å²) in [5.41, 5.74) is 6.92. The second kappa shape index (κ2) is 10.0. The van der Waals surface area contributed by atoms with Crippen molar-refractivity contribution in [2.75, 3.05) is 13.6 Å². The van der Waals surface area contributed by atoms with Gasteiger partial charge < -0.3 is 10.6 Å². The zero-order chi connectivity index (χ0) is 14.4. The van der Waals surface area contributed by atoms with Crippen molar-refractivity contribution in [2.24, 2.45) is 11.1 Å². The molecule has 22 heavy (non-hydrogen) atoms. The van der Waals surface area contributed by atoms with E-state index < -0.39 is 0 Å². The molecule has 126 valence electrons. The predicted octanol–water partition coefficient (Wildman–Crippen LogP) is 3.18. The molecule has 0 aliphatic heterocycles. The van der Waals surface area contributed by atoms with Crippen molar-refractivity contribution >= 4 is 30.7 Å². The van der Waals surface area contributed by atoms with Gasteiger partial charge in [-0.15, -0.1) is 24.8 Å². The standard InChI is InChI=1S/C16H25N3O.2ClH/c1-19(12-14-7-3-6-10-18-14)15(20)11-16(13-17)8-4-2-5-9-16;;/h3,6-7,10H,2,4-5,8-9,11-13,17H2,1H3;2*1H. The second-order valence-corrected chi connectivity index (χ2v) is 6.01. The van der Waals surface area contributed by atoms with Gasteiger partial charge in [0.05, 0.1) is 12.2 Å². The molecular formula is C16H27Cl2N3O. The zero-order valence-electron chi connectivity index (χ0n) is 13.2. The third-order valence-corrected chi connectivity index (χ3v) is 4.42. The SMILES string of the molecule is CN(Cc1ccccn1)C(=O)CC1(CN)CCCCC1.Cl.Cl. The van der Waals surface area contributed by atoms with E-state index in [0.717, 1.165) is 18.5 Å². The van der Waals surface area contributed by atoms with E-state index in [9.17, 15) is 4.79 Å². The third-order valence-electron chi connectivity index (χ3n) is 4.42. The van der Waals surface area contributed by atoms with E-state index in [4.69, 9.17) is 5.73 Å². The summed E-state index contributed by atoms with van der Waals surface area (Å²) >= 11 is 0. The van der Waals surface area contributed by atoms with Crippen LogP contribution in [0.2, 0.25) is 0 Å². The highest BCUT2D eigenvalue weighted by molar-refractivity contribution is 5.85. The lowest BCUT2D eigenvalue weighted by Crippen LogP contribution is -2.39. The van der Waals surface area contributed by atoms with E-state index in [-0.39, 0.29) is 36.1 Å². The molecule has 1 aliphatic rings. The van der Waals surface area contributed by atoms with Gasteiger partial charge in [-0.3, -0.25) is 9.78 Å². The Labute approximate surface area is 145 Å². The molecule has 0 aromatic carbocycles. The highest BCUT2D eigenvalue weighted by Gasteiger charge is 2.33. The number of hydrogen-bond donors (Lipinski definition) is 1. The molecule has 1 aliphatic carbocycles. The first kappa shape index (κ1) is 21.2. The van der Waals surface area contributed by atoms with Crippen LogP contribution in [0.4, 0.5) is 0 Å². The number of nitrogens with two attached hydrogens (primary N) is 1. The van der Waals surface area contributed by atoms with Crippen LogP contribution in [0.5, 0.6) is 0 Å². The highest BCUT2D eigenvalue weighted by atomic mass is 35.5. The van der Waals surface area contributed by atoms with Gasteiger partial charge >= 0.3 is 0 Å². The number of rotatable bonds is 5. The van der Waals surface area contributed by atoms with E-state index >= 15 is 0 Å². The van der Waals surface area contributed by atoms with Crippen LogP contribution in [0.1, 0.15) is 44.2 Å². The number of hydrogen-bond acceptors (Lipinski definition) is 3. The van der Waals surface area contributed by atoms with E-state index in [1.807, 2.05) is 25.2 Å². The molecule has 0 bridgehead atoms. The Bertz CT molecular complexity index is 436. The molecule has 1 fully saturated rings. The van der Waals surface area contributed by atoms with Crippen LogP contribution in [-0.4, -0.2) is 29.4 Å². The van der Waals surface area contributed by atoms with Crippen LogP contribution < -0.4 is 5.73 Å². The lowest BCUT2D eigenvalue weighted by molar-refractivity contribution is -0.133. The Hall–Kier alpha value is -0.840. The van der Waals surface area contributed by atoms with Crippen LogP contribution in [0.3, 0.4) is 0 Å². The van der Waals surface area contributed by atoms with E-state index in [1.165, 1.54) is 19.3 Å². The fourth-order valence-corrected chi connectivity index (χ4v) is 3.03. The quantitative estimate of drug-likeness (QED) is 0.889. The Morgan fingerprint density at radius 2 is 1.95 bits per heavy atom. The topological polar surface area (TPSA) is 59.2 Å². The molecule has 2 rings (SSSR count). The van der Waals surface area contributed by atoms with Crippen molar-refractivity contribution in [3.05, 3.63) is 30.1 Å². The number of aromatic nitrogens is 1.